The lowest BCUT2D eigenvalue weighted by atomic mass is 10.2. The summed E-state index contributed by atoms with van der Waals surface area (Å²) >= 11 is 0. The van der Waals surface area contributed by atoms with E-state index < -0.39 is 0 Å². The lowest BCUT2D eigenvalue weighted by Gasteiger charge is -2.20. The lowest BCUT2D eigenvalue weighted by Crippen LogP contribution is -2.40. The van der Waals surface area contributed by atoms with Gasteiger partial charge in [0.2, 0.25) is 0 Å². The van der Waals surface area contributed by atoms with Crippen LogP contribution in [0.4, 0.5) is 0 Å². The molecule has 0 spiro atoms. The van der Waals surface area contributed by atoms with Crippen LogP contribution in [0.1, 0.15) is 18.9 Å². The van der Waals surface area contributed by atoms with Gasteiger partial charge in [-0.25, -0.2) is 4.99 Å². The molecule has 5 heteroatoms. The smallest absolute Gasteiger partial charge is 0.194 e. The van der Waals surface area contributed by atoms with Gasteiger partial charge in [-0.1, -0.05) is 17.7 Å². The minimum atomic E-state index is -0.238. The van der Waals surface area contributed by atoms with Gasteiger partial charge >= 0.3 is 0 Å². The number of rotatable bonds is 5. The van der Waals surface area contributed by atoms with E-state index in [2.05, 4.69) is 22.1 Å². The van der Waals surface area contributed by atoms with Crippen molar-refractivity contribution >= 4 is 5.96 Å². The number of aliphatic imine (C=N–C) groups is 1. The third kappa shape index (κ3) is 4.93. The Balaban J connectivity index is 1.81. The minimum Gasteiger partial charge on any atom is -0.492 e. The molecular weight excluding hydrogens is 266 g/mol. The molecule has 0 aliphatic carbocycles. The van der Waals surface area contributed by atoms with Gasteiger partial charge in [0, 0.05) is 19.6 Å². The molecule has 1 aliphatic rings. The number of ether oxygens (including phenoxy) is 1. The molecule has 116 valence electrons. The van der Waals surface area contributed by atoms with Gasteiger partial charge in [-0.2, -0.15) is 0 Å². The summed E-state index contributed by atoms with van der Waals surface area (Å²) in [6, 6.07) is 8.02. The lowest BCUT2D eigenvalue weighted by molar-refractivity contribution is 0.187. The number of nitrogens with zero attached hydrogens (tertiary/aromatic N) is 2. The van der Waals surface area contributed by atoms with E-state index in [1.807, 2.05) is 31.2 Å². The molecule has 1 atom stereocenters. The molecule has 1 saturated heterocycles. The number of β-amino-alcohol motifs (C(OH)–C–C–N with tert-alkyl or cyclic N) is 1. The fourth-order valence-electron chi connectivity index (χ4n) is 2.31. The van der Waals surface area contributed by atoms with E-state index in [1.54, 1.807) is 0 Å². The summed E-state index contributed by atoms with van der Waals surface area (Å²) in [5.74, 6) is 1.74. The molecule has 0 amide bonds. The summed E-state index contributed by atoms with van der Waals surface area (Å²) in [5.41, 5.74) is 1.22. The highest BCUT2D eigenvalue weighted by Gasteiger charge is 2.22. The number of nitrogens with one attached hydrogen (secondary N) is 1. The van der Waals surface area contributed by atoms with Crippen LogP contribution in [0.2, 0.25) is 0 Å². The van der Waals surface area contributed by atoms with E-state index in [0.717, 1.165) is 31.2 Å². The number of aliphatic hydroxyl groups is 1. The predicted octanol–water partition coefficient (Wildman–Crippen LogP) is 1.41. The molecule has 1 aromatic carbocycles. The molecule has 0 bridgehead atoms. The van der Waals surface area contributed by atoms with E-state index in [4.69, 9.17) is 4.74 Å². The number of aryl methyl sites for hydroxylation is 1. The fourth-order valence-corrected chi connectivity index (χ4v) is 2.31. The zero-order chi connectivity index (χ0) is 15.1. The van der Waals surface area contributed by atoms with E-state index in [-0.39, 0.29) is 6.10 Å². The van der Waals surface area contributed by atoms with Crippen molar-refractivity contribution in [2.24, 2.45) is 4.99 Å². The first-order valence-electron chi connectivity index (χ1n) is 7.60. The van der Waals surface area contributed by atoms with Crippen molar-refractivity contribution in [2.75, 3.05) is 32.8 Å². The van der Waals surface area contributed by atoms with Gasteiger partial charge in [0.05, 0.1) is 12.6 Å². The highest BCUT2D eigenvalue weighted by Crippen LogP contribution is 2.11. The van der Waals surface area contributed by atoms with E-state index in [9.17, 15) is 5.11 Å². The molecule has 1 fully saturated rings. The van der Waals surface area contributed by atoms with Crippen molar-refractivity contribution in [3.8, 4) is 5.75 Å². The SMILES string of the molecule is CCNC(=NCCOc1ccc(C)cc1)N1CC[C@@H](O)C1. The molecule has 0 aromatic heterocycles. The summed E-state index contributed by atoms with van der Waals surface area (Å²) in [4.78, 5) is 6.66. The zero-order valence-corrected chi connectivity index (χ0v) is 12.9. The van der Waals surface area contributed by atoms with Gasteiger partial charge in [0.1, 0.15) is 12.4 Å². The molecule has 0 saturated carbocycles. The second-order valence-electron chi connectivity index (χ2n) is 5.29. The summed E-state index contributed by atoms with van der Waals surface area (Å²) in [6.07, 6.45) is 0.572. The van der Waals surface area contributed by atoms with E-state index in [1.165, 1.54) is 5.56 Å². The van der Waals surface area contributed by atoms with Gasteiger partial charge in [0.15, 0.2) is 5.96 Å². The average Bonchev–Trinajstić information content (AvgIpc) is 2.91. The summed E-state index contributed by atoms with van der Waals surface area (Å²) in [5, 5.41) is 12.9. The number of benzene rings is 1. The maximum Gasteiger partial charge on any atom is 0.194 e. The normalized spacial score (nSPS) is 18.9. The van der Waals surface area contributed by atoms with Gasteiger partial charge in [0.25, 0.3) is 0 Å². The van der Waals surface area contributed by atoms with Crippen molar-refractivity contribution in [1.82, 2.24) is 10.2 Å². The molecule has 2 rings (SSSR count). The monoisotopic (exact) mass is 291 g/mol. The Bertz CT molecular complexity index is 459. The van der Waals surface area contributed by atoms with Crippen molar-refractivity contribution < 1.29 is 9.84 Å². The topological polar surface area (TPSA) is 57.1 Å². The molecule has 0 radical (unpaired) electrons. The number of aliphatic hydroxyl groups excluding tert-OH is 1. The molecule has 2 N–H and O–H groups in total. The Morgan fingerprint density at radius 2 is 2.19 bits per heavy atom. The van der Waals surface area contributed by atoms with Crippen molar-refractivity contribution in [3.05, 3.63) is 29.8 Å². The standard InChI is InChI=1S/C16H25N3O2/c1-3-17-16(19-10-8-14(20)12-19)18-9-11-21-15-6-4-13(2)5-7-15/h4-7,14,20H,3,8-12H2,1-2H3,(H,17,18)/t14-/m1/s1. The van der Waals surface area contributed by atoms with Crippen LogP contribution in [0.15, 0.2) is 29.3 Å². The Hall–Kier alpha value is -1.75. The molecule has 1 heterocycles. The first-order valence-corrected chi connectivity index (χ1v) is 7.60. The Morgan fingerprint density at radius 1 is 1.43 bits per heavy atom. The predicted molar refractivity (Wildman–Crippen MR) is 84.8 cm³/mol. The third-order valence-corrected chi connectivity index (χ3v) is 3.44. The van der Waals surface area contributed by atoms with Gasteiger partial charge < -0.3 is 20.1 Å². The highest BCUT2D eigenvalue weighted by molar-refractivity contribution is 5.80. The highest BCUT2D eigenvalue weighted by atomic mass is 16.5. The van der Waals surface area contributed by atoms with Gasteiger partial charge in [-0.3, -0.25) is 0 Å². The number of hydrogen-bond acceptors (Lipinski definition) is 3. The maximum absolute atomic E-state index is 9.61. The van der Waals surface area contributed by atoms with E-state index in [0.29, 0.717) is 19.7 Å². The zero-order valence-electron chi connectivity index (χ0n) is 12.9. The second-order valence-corrected chi connectivity index (χ2v) is 5.29. The number of likely N-dealkylation sites (tertiary alicyclic amines) is 1. The van der Waals surface area contributed by atoms with Crippen LogP contribution in [0.25, 0.3) is 0 Å². The molecular formula is C16H25N3O2. The molecule has 1 aliphatic heterocycles. The van der Waals surface area contributed by atoms with Crippen LogP contribution >= 0.6 is 0 Å². The average molecular weight is 291 g/mol. The second kappa shape index (κ2) is 7.88. The quantitative estimate of drug-likeness (QED) is 0.489. The van der Waals surface area contributed by atoms with Crippen molar-refractivity contribution in [3.63, 3.8) is 0 Å². The summed E-state index contributed by atoms with van der Waals surface area (Å²) < 4.78 is 5.67. The number of hydrogen-bond donors (Lipinski definition) is 2. The first-order chi connectivity index (χ1) is 10.2. The Kier molecular flexibility index (Phi) is 5.87. The van der Waals surface area contributed by atoms with Gasteiger partial charge in [-0.15, -0.1) is 0 Å². The largest absolute Gasteiger partial charge is 0.492 e. The van der Waals surface area contributed by atoms with Crippen LogP contribution in [-0.2, 0) is 0 Å². The Morgan fingerprint density at radius 3 is 2.81 bits per heavy atom. The van der Waals surface area contributed by atoms with Crippen LogP contribution < -0.4 is 10.1 Å². The van der Waals surface area contributed by atoms with Crippen molar-refractivity contribution in [2.45, 2.75) is 26.4 Å². The minimum absolute atomic E-state index is 0.238. The Labute approximate surface area is 126 Å². The molecule has 1 aromatic rings. The molecule has 0 unspecified atom stereocenters. The number of guanidine groups is 1. The van der Waals surface area contributed by atoms with Crippen LogP contribution in [-0.4, -0.2) is 54.9 Å². The van der Waals surface area contributed by atoms with Crippen molar-refractivity contribution in [1.29, 1.82) is 0 Å². The third-order valence-electron chi connectivity index (χ3n) is 3.44. The van der Waals surface area contributed by atoms with Crippen LogP contribution in [0.3, 0.4) is 0 Å². The summed E-state index contributed by atoms with van der Waals surface area (Å²) in [6.45, 7) is 7.59. The maximum atomic E-state index is 9.61. The first kappa shape index (κ1) is 15.6. The van der Waals surface area contributed by atoms with Crippen LogP contribution in [0, 0.1) is 6.92 Å². The molecule has 21 heavy (non-hydrogen) atoms. The van der Waals surface area contributed by atoms with E-state index >= 15 is 0 Å². The molecule has 5 nitrogen and oxygen atoms in total. The van der Waals surface area contributed by atoms with Crippen LogP contribution in [0.5, 0.6) is 5.75 Å². The summed E-state index contributed by atoms with van der Waals surface area (Å²) in [7, 11) is 0. The fraction of sp³-hybridized carbons (Fsp3) is 0.562. The van der Waals surface area contributed by atoms with Gasteiger partial charge in [-0.05, 0) is 32.4 Å².